The monoisotopic (exact) mass is 215 g/mol. The molecule has 2 fully saturated rings. The molecule has 1 N–H and O–H groups in total. The molecule has 0 radical (unpaired) electrons. The van der Waals surface area contributed by atoms with Gasteiger partial charge < -0.3 is 5.32 Å². The van der Waals surface area contributed by atoms with Gasteiger partial charge in [0.1, 0.15) is 0 Å². The Morgan fingerprint density at radius 2 is 1.44 bits per heavy atom. The van der Waals surface area contributed by atoms with Gasteiger partial charge in [-0.3, -0.25) is 0 Å². The lowest BCUT2D eigenvalue weighted by Crippen LogP contribution is -2.28. The molecule has 0 aromatic heterocycles. The standard InChI is InChI=1S/C15H21N/c1-3-12(4-1)13-6-8-14(9-7-13)15-5-2-10-16-11-15/h6-9,12,15-16H,1-5,10-11H2. The van der Waals surface area contributed by atoms with Crippen LogP contribution >= 0.6 is 0 Å². The van der Waals surface area contributed by atoms with Gasteiger partial charge in [0.05, 0.1) is 0 Å². The summed E-state index contributed by atoms with van der Waals surface area (Å²) in [7, 11) is 0. The Morgan fingerprint density at radius 3 is 1.94 bits per heavy atom. The second kappa shape index (κ2) is 4.58. The molecule has 1 nitrogen and oxygen atoms in total. The lowest BCUT2D eigenvalue weighted by atomic mass is 9.79. The SMILES string of the molecule is c1cc(C2CCCNC2)ccc1C1CCC1. The van der Waals surface area contributed by atoms with Gasteiger partial charge >= 0.3 is 0 Å². The normalized spacial score (nSPS) is 26.4. The fourth-order valence-corrected chi connectivity index (χ4v) is 2.92. The summed E-state index contributed by atoms with van der Waals surface area (Å²) in [4.78, 5) is 0. The maximum absolute atomic E-state index is 3.49. The van der Waals surface area contributed by atoms with Crippen LogP contribution in [0, 0.1) is 0 Å². The third-order valence-electron chi connectivity index (χ3n) is 4.28. The zero-order valence-corrected chi connectivity index (χ0v) is 9.91. The molecule has 2 aliphatic rings. The molecule has 1 unspecified atom stereocenters. The van der Waals surface area contributed by atoms with Gasteiger partial charge in [0.25, 0.3) is 0 Å². The average Bonchev–Trinajstić information content (AvgIpc) is 2.29. The topological polar surface area (TPSA) is 12.0 Å². The molecular weight excluding hydrogens is 194 g/mol. The van der Waals surface area contributed by atoms with E-state index >= 15 is 0 Å². The van der Waals surface area contributed by atoms with Crippen molar-refractivity contribution in [3.8, 4) is 0 Å². The van der Waals surface area contributed by atoms with Gasteiger partial charge in [-0.2, -0.15) is 0 Å². The fraction of sp³-hybridized carbons (Fsp3) is 0.600. The van der Waals surface area contributed by atoms with Crippen molar-refractivity contribution in [1.82, 2.24) is 5.32 Å². The third kappa shape index (κ3) is 2.01. The smallest absolute Gasteiger partial charge is 0.00201 e. The quantitative estimate of drug-likeness (QED) is 0.797. The van der Waals surface area contributed by atoms with Crippen molar-refractivity contribution >= 4 is 0 Å². The van der Waals surface area contributed by atoms with Gasteiger partial charge in [-0.15, -0.1) is 0 Å². The van der Waals surface area contributed by atoms with Crippen molar-refractivity contribution in [2.45, 2.75) is 43.9 Å². The lowest BCUT2D eigenvalue weighted by molar-refractivity contribution is 0.419. The van der Waals surface area contributed by atoms with Crippen molar-refractivity contribution in [1.29, 1.82) is 0 Å². The molecule has 1 aromatic carbocycles. The number of piperidine rings is 1. The predicted octanol–water partition coefficient (Wildman–Crippen LogP) is 3.42. The van der Waals surface area contributed by atoms with E-state index in [1.165, 1.54) is 50.8 Å². The molecule has 1 aliphatic heterocycles. The van der Waals surface area contributed by atoms with Crippen molar-refractivity contribution in [3.05, 3.63) is 35.4 Å². The largest absolute Gasteiger partial charge is 0.316 e. The van der Waals surface area contributed by atoms with Crippen LogP contribution in [0.15, 0.2) is 24.3 Å². The second-order valence-electron chi connectivity index (χ2n) is 5.34. The Bertz CT molecular complexity index is 331. The zero-order valence-electron chi connectivity index (χ0n) is 9.91. The molecule has 86 valence electrons. The van der Waals surface area contributed by atoms with Crippen LogP contribution in [0.1, 0.15) is 55.1 Å². The molecule has 0 amide bonds. The van der Waals surface area contributed by atoms with Crippen molar-refractivity contribution < 1.29 is 0 Å². The first-order valence-corrected chi connectivity index (χ1v) is 6.74. The minimum Gasteiger partial charge on any atom is -0.316 e. The van der Waals surface area contributed by atoms with E-state index in [1.54, 1.807) is 5.56 Å². The fourth-order valence-electron chi connectivity index (χ4n) is 2.92. The first-order chi connectivity index (χ1) is 7.93. The van der Waals surface area contributed by atoms with Crippen LogP contribution in [-0.4, -0.2) is 13.1 Å². The van der Waals surface area contributed by atoms with E-state index in [2.05, 4.69) is 29.6 Å². The highest BCUT2D eigenvalue weighted by Gasteiger charge is 2.20. The summed E-state index contributed by atoms with van der Waals surface area (Å²) in [6.07, 6.45) is 6.93. The number of benzene rings is 1. The summed E-state index contributed by atoms with van der Waals surface area (Å²) in [5.74, 6) is 1.63. The molecule has 3 rings (SSSR count). The molecule has 1 heterocycles. The van der Waals surface area contributed by atoms with Gasteiger partial charge in [-0.25, -0.2) is 0 Å². The van der Waals surface area contributed by atoms with Gasteiger partial charge in [0, 0.05) is 6.54 Å². The molecule has 1 saturated carbocycles. The summed E-state index contributed by atoms with van der Waals surface area (Å²) < 4.78 is 0. The van der Waals surface area contributed by atoms with E-state index in [1.807, 2.05) is 0 Å². The van der Waals surface area contributed by atoms with Gasteiger partial charge in [0.15, 0.2) is 0 Å². The van der Waals surface area contributed by atoms with E-state index in [0.29, 0.717) is 0 Å². The minimum atomic E-state index is 0.754. The molecule has 16 heavy (non-hydrogen) atoms. The third-order valence-corrected chi connectivity index (χ3v) is 4.28. The highest BCUT2D eigenvalue weighted by atomic mass is 14.9. The second-order valence-corrected chi connectivity index (χ2v) is 5.34. The highest BCUT2D eigenvalue weighted by molar-refractivity contribution is 5.29. The van der Waals surface area contributed by atoms with Crippen molar-refractivity contribution in [2.75, 3.05) is 13.1 Å². The summed E-state index contributed by atoms with van der Waals surface area (Å²) in [6, 6.07) is 9.47. The molecule has 0 spiro atoms. The Morgan fingerprint density at radius 1 is 0.812 bits per heavy atom. The van der Waals surface area contributed by atoms with Crippen LogP contribution < -0.4 is 5.32 Å². The Balaban J connectivity index is 1.70. The minimum absolute atomic E-state index is 0.754. The van der Waals surface area contributed by atoms with E-state index in [9.17, 15) is 0 Å². The van der Waals surface area contributed by atoms with Crippen molar-refractivity contribution in [2.24, 2.45) is 0 Å². The van der Waals surface area contributed by atoms with Gasteiger partial charge in [0.2, 0.25) is 0 Å². The summed E-state index contributed by atoms with van der Waals surface area (Å²) in [5, 5.41) is 3.49. The van der Waals surface area contributed by atoms with Crippen LogP contribution in [0.25, 0.3) is 0 Å². The maximum atomic E-state index is 3.49. The maximum Gasteiger partial charge on any atom is 0.00201 e. The molecule has 1 aromatic rings. The lowest BCUT2D eigenvalue weighted by Gasteiger charge is -2.27. The number of nitrogens with one attached hydrogen (secondary N) is 1. The van der Waals surface area contributed by atoms with Crippen LogP contribution in [0.4, 0.5) is 0 Å². The number of hydrogen-bond donors (Lipinski definition) is 1. The Labute approximate surface area is 98.3 Å². The molecular formula is C15H21N. The predicted molar refractivity (Wildman–Crippen MR) is 67.9 cm³/mol. The van der Waals surface area contributed by atoms with Crippen LogP contribution in [0.2, 0.25) is 0 Å². The first-order valence-electron chi connectivity index (χ1n) is 6.74. The van der Waals surface area contributed by atoms with E-state index in [4.69, 9.17) is 0 Å². The Hall–Kier alpha value is -0.820. The molecule has 1 saturated heterocycles. The van der Waals surface area contributed by atoms with Crippen molar-refractivity contribution in [3.63, 3.8) is 0 Å². The number of hydrogen-bond acceptors (Lipinski definition) is 1. The average molecular weight is 215 g/mol. The van der Waals surface area contributed by atoms with Crippen LogP contribution in [-0.2, 0) is 0 Å². The van der Waals surface area contributed by atoms with E-state index in [-0.39, 0.29) is 0 Å². The summed E-state index contributed by atoms with van der Waals surface area (Å²) in [6.45, 7) is 2.37. The van der Waals surface area contributed by atoms with Gasteiger partial charge in [-0.05, 0) is 55.2 Å². The summed E-state index contributed by atoms with van der Waals surface area (Å²) >= 11 is 0. The van der Waals surface area contributed by atoms with Crippen LogP contribution in [0.3, 0.4) is 0 Å². The number of rotatable bonds is 2. The van der Waals surface area contributed by atoms with Gasteiger partial charge in [-0.1, -0.05) is 30.7 Å². The molecule has 1 aliphatic carbocycles. The first kappa shape index (κ1) is 10.3. The molecule has 1 atom stereocenters. The van der Waals surface area contributed by atoms with Crippen LogP contribution in [0.5, 0.6) is 0 Å². The zero-order chi connectivity index (χ0) is 10.8. The van der Waals surface area contributed by atoms with E-state index < -0.39 is 0 Å². The van der Waals surface area contributed by atoms with E-state index in [0.717, 1.165) is 11.8 Å². The highest BCUT2D eigenvalue weighted by Crippen LogP contribution is 2.36. The summed E-state index contributed by atoms with van der Waals surface area (Å²) in [5.41, 5.74) is 3.11. The molecule has 1 heteroatoms. The molecule has 0 bridgehead atoms. The Kier molecular flexibility index (Phi) is 2.96.